The minimum Gasteiger partial charge on any atom is -0.480 e. The normalized spacial score (nSPS) is 10.4. The standard InChI is InChI=1S/C13H12BrClN2O/c1-8-3-9(5-10(14)4-8)6-12-16-7-11(15)13(17-12)18-2/h3-5,7H,6H2,1-2H3. The Bertz CT molecular complexity index is 555. The van der Waals surface area contributed by atoms with Crippen molar-refractivity contribution in [3.63, 3.8) is 0 Å². The van der Waals surface area contributed by atoms with E-state index < -0.39 is 0 Å². The molecule has 0 N–H and O–H groups in total. The van der Waals surface area contributed by atoms with Crippen molar-refractivity contribution in [2.75, 3.05) is 7.11 Å². The summed E-state index contributed by atoms with van der Waals surface area (Å²) in [6.07, 6.45) is 2.21. The zero-order chi connectivity index (χ0) is 13.1. The Morgan fingerprint density at radius 3 is 2.78 bits per heavy atom. The Kier molecular flexibility index (Phi) is 4.19. The van der Waals surface area contributed by atoms with E-state index in [-0.39, 0.29) is 0 Å². The highest BCUT2D eigenvalue weighted by Crippen LogP contribution is 2.21. The van der Waals surface area contributed by atoms with Gasteiger partial charge in [-0.1, -0.05) is 33.6 Å². The van der Waals surface area contributed by atoms with E-state index in [2.05, 4.69) is 51.0 Å². The van der Waals surface area contributed by atoms with Crippen molar-refractivity contribution in [1.29, 1.82) is 0 Å². The first kappa shape index (κ1) is 13.3. The Hall–Kier alpha value is -1.13. The van der Waals surface area contributed by atoms with Crippen molar-refractivity contribution in [3.8, 4) is 5.88 Å². The van der Waals surface area contributed by atoms with Crippen LogP contribution in [0.25, 0.3) is 0 Å². The molecule has 1 aromatic heterocycles. The third kappa shape index (κ3) is 3.21. The van der Waals surface area contributed by atoms with E-state index in [9.17, 15) is 0 Å². The predicted molar refractivity (Wildman–Crippen MR) is 75.3 cm³/mol. The van der Waals surface area contributed by atoms with E-state index in [1.807, 2.05) is 0 Å². The lowest BCUT2D eigenvalue weighted by Gasteiger charge is -2.06. The molecule has 0 atom stereocenters. The second kappa shape index (κ2) is 5.67. The number of benzene rings is 1. The summed E-state index contributed by atoms with van der Waals surface area (Å²) in [6.45, 7) is 2.05. The van der Waals surface area contributed by atoms with Gasteiger partial charge in [-0.15, -0.1) is 0 Å². The Morgan fingerprint density at radius 1 is 1.33 bits per heavy atom. The second-order valence-electron chi connectivity index (χ2n) is 3.96. The number of methoxy groups -OCH3 is 1. The number of hydrogen-bond donors (Lipinski definition) is 0. The van der Waals surface area contributed by atoms with Gasteiger partial charge in [0.05, 0.1) is 13.3 Å². The zero-order valence-electron chi connectivity index (χ0n) is 10.1. The quantitative estimate of drug-likeness (QED) is 0.860. The zero-order valence-corrected chi connectivity index (χ0v) is 12.4. The topological polar surface area (TPSA) is 35.0 Å². The van der Waals surface area contributed by atoms with Gasteiger partial charge in [0, 0.05) is 10.9 Å². The molecule has 0 amide bonds. The number of nitrogens with zero attached hydrogens (tertiary/aromatic N) is 2. The van der Waals surface area contributed by atoms with Crippen LogP contribution in [0.5, 0.6) is 5.88 Å². The lowest BCUT2D eigenvalue weighted by molar-refractivity contribution is 0.395. The molecule has 18 heavy (non-hydrogen) atoms. The van der Waals surface area contributed by atoms with Gasteiger partial charge in [-0.25, -0.2) is 4.98 Å². The number of rotatable bonds is 3. The molecular formula is C13H12BrClN2O. The summed E-state index contributed by atoms with van der Waals surface area (Å²) in [5, 5.41) is 0.423. The molecule has 94 valence electrons. The summed E-state index contributed by atoms with van der Waals surface area (Å²) < 4.78 is 6.13. The maximum atomic E-state index is 5.89. The molecule has 2 rings (SSSR count). The Morgan fingerprint density at radius 2 is 2.11 bits per heavy atom. The third-order valence-corrected chi connectivity index (χ3v) is 3.14. The molecule has 0 unspecified atom stereocenters. The summed E-state index contributed by atoms with van der Waals surface area (Å²) in [6, 6.07) is 6.22. The van der Waals surface area contributed by atoms with Gasteiger partial charge >= 0.3 is 0 Å². The van der Waals surface area contributed by atoms with Gasteiger partial charge < -0.3 is 4.74 Å². The fraction of sp³-hybridized carbons (Fsp3) is 0.231. The molecule has 2 aromatic rings. The van der Waals surface area contributed by atoms with Crippen LogP contribution in [0.1, 0.15) is 17.0 Å². The first-order chi connectivity index (χ1) is 8.58. The maximum Gasteiger partial charge on any atom is 0.235 e. The molecular weight excluding hydrogens is 316 g/mol. The van der Waals surface area contributed by atoms with Crippen molar-refractivity contribution < 1.29 is 4.74 Å². The average molecular weight is 328 g/mol. The fourth-order valence-electron chi connectivity index (χ4n) is 1.71. The molecule has 5 heteroatoms. The van der Waals surface area contributed by atoms with Gasteiger partial charge in [-0.3, -0.25) is 0 Å². The van der Waals surface area contributed by atoms with Crippen molar-refractivity contribution in [3.05, 3.63) is 50.8 Å². The summed E-state index contributed by atoms with van der Waals surface area (Å²) in [5.74, 6) is 1.10. The van der Waals surface area contributed by atoms with Crippen molar-refractivity contribution in [2.45, 2.75) is 13.3 Å². The summed E-state index contributed by atoms with van der Waals surface area (Å²) in [7, 11) is 1.54. The number of aryl methyl sites for hydroxylation is 1. The smallest absolute Gasteiger partial charge is 0.235 e. The molecule has 1 aromatic carbocycles. The monoisotopic (exact) mass is 326 g/mol. The van der Waals surface area contributed by atoms with Gasteiger partial charge in [0.25, 0.3) is 0 Å². The van der Waals surface area contributed by atoms with Crippen molar-refractivity contribution in [1.82, 2.24) is 9.97 Å². The molecule has 1 heterocycles. The molecule has 0 saturated carbocycles. The van der Waals surface area contributed by atoms with Crippen LogP contribution >= 0.6 is 27.5 Å². The fourth-order valence-corrected chi connectivity index (χ4v) is 2.53. The molecule has 0 aliphatic carbocycles. The van der Waals surface area contributed by atoms with E-state index in [0.717, 1.165) is 10.0 Å². The minimum atomic E-state index is 0.411. The number of ether oxygens (including phenoxy) is 1. The summed E-state index contributed by atoms with van der Waals surface area (Å²) in [5.41, 5.74) is 2.34. The first-order valence-electron chi connectivity index (χ1n) is 5.40. The highest BCUT2D eigenvalue weighted by molar-refractivity contribution is 9.10. The van der Waals surface area contributed by atoms with Crippen LogP contribution in [-0.4, -0.2) is 17.1 Å². The predicted octanol–water partition coefficient (Wildman–Crippen LogP) is 3.80. The van der Waals surface area contributed by atoms with Crippen LogP contribution < -0.4 is 4.74 Å². The van der Waals surface area contributed by atoms with E-state index in [1.165, 1.54) is 5.56 Å². The highest BCUT2D eigenvalue weighted by Gasteiger charge is 2.07. The highest BCUT2D eigenvalue weighted by atomic mass is 79.9. The van der Waals surface area contributed by atoms with Gasteiger partial charge in [0.15, 0.2) is 0 Å². The number of hydrogen-bond acceptors (Lipinski definition) is 3. The largest absolute Gasteiger partial charge is 0.480 e. The molecule has 0 fully saturated rings. The van der Waals surface area contributed by atoms with Gasteiger partial charge in [0.1, 0.15) is 10.8 Å². The molecule has 0 bridgehead atoms. The third-order valence-electron chi connectivity index (χ3n) is 2.42. The summed E-state index contributed by atoms with van der Waals surface area (Å²) >= 11 is 9.37. The minimum absolute atomic E-state index is 0.411. The van der Waals surface area contributed by atoms with Crippen LogP contribution in [0, 0.1) is 6.92 Å². The number of halogens is 2. The molecule has 0 saturated heterocycles. The average Bonchev–Trinajstić information content (AvgIpc) is 2.30. The molecule has 0 spiro atoms. The molecule has 0 aliphatic heterocycles. The van der Waals surface area contributed by atoms with Gasteiger partial charge in [-0.05, 0) is 30.2 Å². The Labute approximate surface area is 119 Å². The lowest BCUT2D eigenvalue weighted by Crippen LogP contribution is -1.99. The van der Waals surface area contributed by atoms with Crippen molar-refractivity contribution >= 4 is 27.5 Å². The number of aromatic nitrogens is 2. The van der Waals surface area contributed by atoms with E-state index in [0.29, 0.717) is 23.1 Å². The lowest BCUT2D eigenvalue weighted by atomic mass is 10.1. The van der Waals surface area contributed by atoms with Crippen LogP contribution in [0.2, 0.25) is 5.02 Å². The van der Waals surface area contributed by atoms with Crippen LogP contribution in [0.3, 0.4) is 0 Å². The molecule has 0 radical (unpaired) electrons. The first-order valence-corrected chi connectivity index (χ1v) is 6.57. The Balaban J connectivity index is 2.28. The van der Waals surface area contributed by atoms with E-state index in [1.54, 1.807) is 13.3 Å². The van der Waals surface area contributed by atoms with Crippen LogP contribution in [0.15, 0.2) is 28.9 Å². The van der Waals surface area contributed by atoms with Crippen LogP contribution in [0.4, 0.5) is 0 Å². The van der Waals surface area contributed by atoms with Gasteiger partial charge in [0.2, 0.25) is 5.88 Å². The van der Waals surface area contributed by atoms with Gasteiger partial charge in [-0.2, -0.15) is 4.98 Å². The van der Waals surface area contributed by atoms with Crippen LogP contribution in [-0.2, 0) is 6.42 Å². The molecule has 3 nitrogen and oxygen atoms in total. The second-order valence-corrected chi connectivity index (χ2v) is 5.28. The molecule has 0 aliphatic rings. The maximum absolute atomic E-state index is 5.89. The van der Waals surface area contributed by atoms with Crippen molar-refractivity contribution in [2.24, 2.45) is 0 Å². The van der Waals surface area contributed by atoms with E-state index in [4.69, 9.17) is 16.3 Å². The SMILES string of the molecule is COc1nc(Cc2cc(C)cc(Br)c2)ncc1Cl. The summed E-state index contributed by atoms with van der Waals surface area (Å²) in [4.78, 5) is 8.47. The van der Waals surface area contributed by atoms with E-state index >= 15 is 0 Å².